The summed E-state index contributed by atoms with van der Waals surface area (Å²) >= 11 is 6.23. The van der Waals surface area contributed by atoms with Crippen molar-refractivity contribution in [2.45, 2.75) is 0 Å². The predicted molar refractivity (Wildman–Crippen MR) is 112 cm³/mol. The molecule has 4 rings (SSSR count). The highest BCUT2D eigenvalue weighted by atomic mass is 32.2. The van der Waals surface area contributed by atoms with E-state index >= 15 is 0 Å². The van der Waals surface area contributed by atoms with E-state index in [1.165, 1.54) is 23.9 Å². The predicted octanol–water partition coefficient (Wildman–Crippen LogP) is 3.94. The second kappa shape index (κ2) is 7.37. The van der Waals surface area contributed by atoms with E-state index in [9.17, 15) is 14.9 Å². The highest BCUT2D eigenvalue weighted by Crippen LogP contribution is 2.31. The van der Waals surface area contributed by atoms with Gasteiger partial charge in [0, 0.05) is 29.5 Å². The quantitative estimate of drug-likeness (QED) is 0.304. The van der Waals surface area contributed by atoms with Crippen molar-refractivity contribution in [3.63, 3.8) is 0 Å². The highest BCUT2D eigenvalue weighted by molar-refractivity contribution is 8.26. The minimum atomic E-state index is -0.449. The first-order valence-corrected chi connectivity index (χ1v) is 9.38. The Bertz CT molecular complexity index is 1120. The molecule has 0 aliphatic carbocycles. The number of hydrogen-bond donors (Lipinski definition) is 1. The Hall–Kier alpha value is -3.30. The summed E-state index contributed by atoms with van der Waals surface area (Å²) in [6, 6.07) is 15.7. The molecule has 9 heteroatoms. The van der Waals surface area contributed by atoms with Crippen molar-refractivity contribution in [3.05, 3.63) is 81.4 Å². The second-order valence-corrected chi connectivity index (χ2v) is 7.59. The fourth-order valence-electron chi connectivity index (χ4n) is 2.73. The van der Waals surface area contributed by atoms with E-state index in [4.69, 9.17) is 12.2 Å². The van der Waals surface area contributed by atoms with Crippen molar-refractivity contribution in [1.29, 1.82) is 0 Å². The van der Waals surface area contributed by atoms with Crippen LogP contribution >= 0.6 is 24.0 Å². The van der Waals surface area contributed by atoms with Gasteiger partial charge in [-0.1, -0.05) is 42.2 Å². The molecule has 3 aromatic rings. The Labute approximate surface area is 169 Å². The maximum absolute atomic E-state index is 12.0. The van der Waals surface area contributed by atoms with Crippen LogP contribution in [0.15, 0.2) is 65.7 Å². The molecule has 1 aliphatic heterocycles. The molecule has 0 bridgehead atoms. The fourth-order valence-corrected chi connectivity index (χ4v) is 3.77. The van der Waals surface area contributed by atoms with Gasteiger partial charge >= 0.3 is 0 Å². The van der Waals surface area contributed by atoms with Crippen LogP contribution in [0.3, 0.4) is 0 Å². The van der Waals surface area contributed by atoms with Crippen LogP contribution in [-0.4, -0.2) is 24.9 Å². The molecule has 0 spiro atoms. The number of thiocarbonyl (C=S) groups is 1. The molecule has 1 aliphatic rings. The van der Waals surface area contributed by atoms with Gasteiger partial charge in [0.05, 0.1) is 21.2 Å². The van der Waals surface area contributed by atoms with Gasteiger partial charge in [0.15, 0.2) is 0 Å². The fraction of sp³-hybridized carbons (Fsp3) is 0. The normalized spacial score (nSPS) is 15.1. The van der Waals surface area contributed by atoms with Crippen molar-refractivity contribution in [3.8, 4) is 16.9 Å². The lowest BCUT2D eigenvalue weighted by Crippen LogP contribution is -2.17. The molecule has 0 radical (unpaired) electrons. The Morgan fingerprint density at radius 1 is 1.14 bits per heavy atom. The number of hydrogen-bond acceptors (Lipinski definition) is 6. The van der Waals surface area contributed by atoms with Crippen molar-refractivity contribution >= 4 is 46.0 Å². The smallest absolute Gasteiger partial charge is 0.269 e. The summed E-state index contributed by atoms with van der Waals surface area (Å²) in [7, 11) is 0. The van der Waals surface area contributed by atoms with E-state index in [1.807, 2.05) is 36.5 Å². The summed E-state index contributed by atoms with van der Waals surface area (Å²) in [5.74, 6) is -0.253. The SMILES string of the molecule is O=C1NC(=S)S/C1=C\c1cn(-c2ccccc2)nc1-c1ccc([N+](=O)[O-])cc1. The number of nitrogens with one attached hydrogen (secondary N) is 1. The van der Waals surface area contributed by atoms with Crippen LogP contribution in [0.5, 0.6) is 0 Å². The molecular weight excluding hydrogens is 396 g/mol. The van der Waals surface area contributed by atoms with E-state index in [0.717, 1.165) is 5.69 Å². The van der Waals surface area contributed by atoms with Crippen LogP contribution in [0.2, 0.25) is 0 Å². The Morgan fingerprint density at radius 3 is 2.46 bits per heavy atom. The molecule has 28 heavy (non-hydrogen) atoms. The number of carbonyl (C=O) groups excluding carboxylic acids is 1. The van der Waals surface area contributed by atoms with Gasteiger partial charge in [-0.25, -0.2) is 4.68 Å². The molecule has 7 nitrogen and oxygen atoms in total. The maximum Gasteiger partial charge on any atom is 0.269 e. The molecular formula is C19H12N4O3S2. The van der Waals surface area contributed by atoms with E-state index in [0.29, 0.717) is 26.0 Å². The first kappa shape index (κ1) is 18.1. The lowest BCUT2D eigenvalue weighted by molar-refractivity contribution is -0.384. The molecule has 1 amide bonds. The van der Waals surface area contributed by atoms with E-state index in [2.05, 4.69) is 10.4 Å². The van der Waals surface area contributed by atoms with E-state index in [1.54, 1.807) is 22.9 Å². The number of para-hydroxylation sites is 1. The first-order valence-electron chi connectivity index (χ1n) is 8.16. The molecule has 0 unspecified atom stereocenters. The molecule has 2 aromatic carbocycles. The number of thioether (sulfide) groups is 1. The van der Waals surface area contributed by atoms with Crippen LogP contribution < -0.4 is 5.32 Å². The Balaban J connectivity index is 1.82. The molecule has 1 N–H and O–H groups in total. The number of benzene rings is 2. The van der Waals surface area contributed by atoms with Gasteiger partial charge in [0.25, 0.3) is 11.6 Å². The monoisotopic (exact) mass is 408 g/mol. The number of carbonyl (C=O) groups is 1. The summed E-state index contributed by atoms with van der Waals surface area (Å²) in [4.78, 5) is 23.0. The lowest BCUT2D eigenvalue weighted by Gasteiger charge is -2.00. The molecule has 0 saturated carbocycles. The third-order valence-electron chi connectivity index (χ3n) is 4.04. The second-order valence-electron chi connectivity index (χ2n) is 5.87. The van der Waals surface area contributed by atoms with Crippen LogP contribution in [-0.2, 0) is 4.79 Å². The Kier molecular flexibility index (Phi) is 4.76. The minimum Gasteiger partial charge on any atom is -0.307 e. The summed E-state index contributed by atoms with van der Waals surface area (Å²) < 4.78 is 2.11. The summed E-state index contributed by atoms with van der Waals surface area (Å²) in [5.41, 5.74) is 2.88. The zero-order valence-corrected chi connectivity index (χ0v) is 15.9. The number of rotatable bonds is 4. The van der Waals surface area contributed by atoms with Gasteiger partial charge in [-0.2, -0.15) is 5.10 Å². The van der Waals surface area contributed by atoms with Crippen LogP contribution in [0, 0.1) is 10.1 Å². The average molecular weight is 408 g/mol. The summed E-state index contributed by atoms with van der Waals surface area (Å²) in [6.45, 7) is 0. The largest absolute Gasteiger partial charge is 0.307 e. The molecule has 2 heterocycles. The number of nitro groups is 1. The molecule has 1 fully saturated rings. The highest BCUT2D eigenvalue weighted by Gasteiger charge is 2.23. The number of amides is 1. The number of non-ortho nitro benzene ring substituents is 1. The van der Waals surface area contributed by atoms with E-state index < -0.39 is 4.92 Å². The molecule has 138 valence electrons. The zero-order valence-electron chi connectivity index (χ0n) is 14.2. The summed E-state index contributed by atoms with van der Waals surface area (Å²) in [6.07, 6.45) is 3.54. The molecule has 1 aromatic heterocycles. The van der Waals surface area contributed by atoms with E-state index in [-0.39, 0.29) is 11.6 Å². The number of nitro benzene ring substituents is 1. The molecule has 0 atom stereocenters. The Morgan fingerprint density at radius 2 is 1.86 bits per heavy atom. The minimum absolute atomic E-state index is 0.00206. The summed E-state index contributed by atoms with van der Waals surface area (Å²) in [5, 5.41) is 18.1. The molecule has 1 saturated heterocycles. The topological polar surface area (TPSA) is 90.1 Å². The number of nitrogens with zero attached hydrogens (tertiary/aromatic N) is 3. The third kappa shape index (κ3) is 3.57. The van der Waals surface area contributed by atoms with Gasteiger partial charge in [-0.3, -0.25) is 14.9 Å². The van der Waals surface area contributed by atoms with Crippen molar-refractivity contribution in [2.75, 3.05) is 0 Å². The first-order chi connectivity index (χ1) is 13.5. The lowest BCUT2D eigenvalue weighted by atomic mass is 10.1. The van der Waals surface area contributed by atoms with Crippen LogP contribution in [0.1, 0.15) is 5.56 Å². The number of aromatic nitrogens is 2. The van der Waals surface area contributed by atoms with Crippen molar-refractivity contribution in [1.82, 2.24) is 15.1 Å². The van der Waals surface area contributed by atoms with Crippen molar-refractivity contribution in [2.24, 2.45) is 0 Å². The van der Waals surface area contributed by atoms with Gasteiger partial charge in [0.2, 0.25) is 0 Å². The van der Waals surface area contributed by atoms with Crippen LogP contribution in [0.4, 0.5) is 5.69 Å². The zero-order chi connectivity index (χ0) is 19.7. The third-order valence-corrected chi connectivity index (χ3v) is 5.21. The standard InChI is InChI=1S/C19H12N4O3S2/c24-18-16(28-19(27)20-18)10-13-11-22(14-4-2-1-3-5-14)21-17(13)12-6-8-15(9-7-12)23(25)26/h1-11H,(H,20,24,27)/b16-10-. The van der Waals surface area contributed by atoms with Gasteiger partial charge in [0.1, 0.15) is 4.32 Å². The maximum atomic E-state index is 12.0. The average Bonchev–Trinajstić information content (AvgIpc) is 3.25. The van der Waals surface area contributed by atoms with Crippen molar-refractivity contribution < 1.29 is 9.72 Å². The van der Waals surface area contributed by atoms with Gasteiger partial charge < -0.3 is 5.32 Å². The van der Waals surface area contributed by atoms with Gasteiger partial charge in [-0.05, 0) is 30.3 Å². The van der Waals surface area contributed by atoms with Crippen LogP contribution in [0.25, 0.3) is 23.0 Å². The van der Waals surface area contributed by atoms with Gasteiger partial charge in [-0.15, -0.1) is 0 Å².